The van der Waals surface area contributed by atoms with Crippen molar-refractivity contribution in [3.05, 3.63) is 59.7 Å². The Balaban J connectivity index is 1.91. The monoisotopic (exact) mass is 456 g/mol. The van der Waals surface area contributed by atoms with Crippen LogP contribution < -0.4 is 13.9 Å². The molecular formula is C24H28O7Si. The second-order valence-corrected chi connectivity index (χ2v) is 12.2. The number of benzene rings is 2. The van der Waals surface area contributed by atoms with Gasteiger partial charge in [0.2, 0.25) is 8.32 Å². The summed E-state index contributed by atoms with van der Waals surface area (Å²) in [5, 5.41) is 9.59. The highest BCUT2D eigenvalue weighted by molar-refractivity contribution is 6.70. The molecule has 2 rings (SSSR count). The Morgan fingerprint density at radius 3 is 2.09 bits per heavy atom. The van der Waals surface area contributed by atoms with Crippen molar-refractivity contribution in [3.8, 4) is 23.0 Å². The standard InChI is InChI=1S/C24H28O7Si/c1-28-22-14-17(7-11-20(22)26)6-10-19(25)16-30-24(27)13-9-18-8-12-21(23(15-18)29-2)31-32(3,4)5/h6-15,26H,16H2,1-5H3/b10-6+,13-9+. The SMILES string of the molecule is COc1cc(/C=C/C(=O)COC(=O)/C=C/c2ccc(O[Si](C)(C)C)c(OC)c2)ccc1O. The van der Waals surface area contributed by atoms with Crippen molar-refractivity contribution in [2.45, 2.75) is 19.6 Å². The highest BCUT2D eigenvalue weighted by atomic mass is 28.4. The smallest absolute Gasteiger partial charge is 0.331 e. The van der Waals surface area contributed by atoms with Crippen molar-refractivity contribution < 1.29 is 33.3 Å². The lowest BCUT2D eigenvalue weighted by molar-refractivity contribution is -0.141. The van der Waals surface area contributed by atoms with Crippen LogP contribution in [0.3, 0.4) is 0 Å². The number of esters is 1. The van der Waals surface area contributed by atoms with Crippen LogP contribution >= 0.6 is 0 Å². The van der Waals surface area contributed by atoms with Crippen LogP contribution in [0.2, 0.25) is 19.6 Å². The van der Waals surface area contributed by atoms with Gasteiger partial charge in [-0.05, 0) is 67.2 Å². The van der Waals surface area contributed by atoms with Crippen LogP contribution in [-0.2, 0) is 14.3 Å². The molecule has 1 N–H and O–H groups in total. The van der Waals surface area contributed by atoms with Crippen molar-refractivity contribution in [2.75, 3.05) is 20.8 Å². The topological polar surface area (TPSA) is 91.3 Å². The van der Waals surface area contributed by atoms with E-state index in [1.54, 1.807) is 43.5 Å². The lowest BCUT2D eigenvalue weighted by Gasteiger charge is -2.21. The lowest BCUT2D eigenvalue weighted by atomic mass is 10.1. The Kier molecular flexibility index (Phi) is 8.66. The third-order valence-corrected chi connectivity index (χ3v) is 4.87. The third kappa shape index (κ3) is 7.96. The summed E-state index contributed by atoms with van der Waals surface area (Å²) in [6, 6.07) is 10.1. The van der Waals surface area contributed by atoms with E-state index in [4.69, 9.17) is 18.6 Å². The molecule has 0 aliphatic carbocycles. The number of carbonyl (C=O) groups is 2. The number of methoxy groups -OCH3 is 2. The number of phenolic OH excluding ortho intramolecular Hbond substituents is 1. The van der Waals surface area contributed by atoms with Crippen molar-refractivity contribution in [1.82, 2.24) is 0 Å². The van der Waals surface area contributed by atoms with Gasteiger partial charge in [-0.15, -0.1) is 0 Å². The summed E-state index contributed by atoms with van der Waals surface area (Å²) >= 11 is 0. The van der Waals surface area contributed by atoms with E-state index >= 15 is 0 Å². The van der Waals surface area contributed by atoms with Crippen molar-refractivity contribution >= 4 is 32.2 Å². The average Bonchev–Trinajstić information content (AvgIpc) is 2.75. The van der Waals surface area contributed by atoms with Crippen LogP contribution in [0.5, 0.6) is 23.0 Å². The zero-order valence-electron chi connectivity index (χ0n) is 18.9. The minimum absolute atomic E-state index is 0.00698. The summed E-state index contributed by atoms with van der Waals surface area (Å²) < 4.78 is 21.4. The number of hydrogen-bond acceptors (Lipinski definition) is 7. The van der Waals surface area contributed by atoms with E-state index in [1.807, 2.05) is 6.07 Å². The molecule has 0 atom stereocenters. The van der Waals surface area contributed by atoms with Crippen LogP contribution in [0.25, 0.3) is 12.2 Å². The largest absolute Gasteiger partial charge is 0.542 e. The molecule has 8 heteroatoms. The Labute approximate surface area is 189 Å². The number of rotatable bonds is 10. The Morgan fingerprint density at radius 1 is 0.875 bits per heavy atom. The summed E-state index contributed by atoms with van der Waals surface area (Å²) in [5.74, 6) is 0.525. The van der Waals surface area contributed by atoms with Gasteiger partial charge in [0, 0.05) is 6.08 Å². The number of phenols is 1. The Bertz CT molecular complexity index is 1020. The maximum absolute atomic E-state index is 12.0. The molecular weight excluding hydrogens is 428 g/mol. The fourth-order valence-electron chi connectivity index (χ4n) is 2.59. The molecule has 0 saturated heterocycles. The van der Waals surface area contributed by atoms with E-state index in [2.05, 4.69) is 19.6 Å². The number of aromatic hydroxyl groups is 1. The average molecular weight is 457 g/mol. The molecule has 2 aromatic carbocycles. The molecule has 0 aliphatic heterocycles. The summed E-state index contributed by atoms with van der Waals surface area (Å²) in [6.45, 7) is 5.85. The van der Waals surface area contributed by atoms with Gasteiger partial charge in [-0.3, -0.25) is 4.79 Å². The second kappa shape index (κ2) is 11.2. The molecule has 0 amide bonds. The van der Waals surface area contributed by atoms with Gasteiger partial charge < -0.3 is 23.7 Å². The van der Waals surface area contributed by atoms with Gasteiger partial charge in [0.25, 0.3) is 0 Å². The number of ketones is 1. The highest BCUT2D eigenvalue weighted by Crippen LogP contribution is 2.30. The maximum Gasteiger partial charge on any atom is 0.331 e. The van der Waals surface area contributed by atoms with E-state index in [0.717, 1.165) is 5.56 Å². The first-order chi connectivity index (χ1) is 15.1. The highest BCUT2D eigenvalue weighted by Gasteiger charge is 2.18. The fraction of sp³-hybridized carbons (Fsp3) is 0.250. The molecule has 170 valence electrons. The summed E-state index contributed by atoms with van der Waals surface area (Å²) in [4.78, 5) is 23.9. The number of hydrogen-bond donors (Lipinski definition) is 1. The minimum Gasteiger partial charge on any atom is -0.542 e. The van der Waals surface area contributed by atoms with E-state index in [9.17, 15) is 14.7 Å². The Hall–Kier alpha value is -3.52. The molecule has 0 heterocycles. The van der Waals surface area contributed by atoms with Crippen LogP contribution in [-0.4, -0.2) is 46.0 Å². The van der Waals surface area contributed by atoms with Crippen LogP contribution in [0.1, 0.15) is 11.1 Å². The first-order valence-corrected chi connectivity index (χ1v) is 13.3. The zero-order valence-corrected chi connectivity index (χ0v) is 19.9. The van der Waals surface area contributed by atoms with E-state index in [0.29, 0.717) is 22.8 Å². The zero-order chi connectivity index (χ0) is 23.7. The lowest BCUT2D eigenvalue weighted by Crippen LogP contribution is -2.29. The fourth-order valence-corrected chi connectivity index (χ4v) is 3.42. The molecule has 0 saturated carbocycles. The molecule has 0 unspecified atom stereocenters. The van der Waals surface area contributed by atoms with E-state index < -0.39 is 14.3 Å². The molecule has 0 fully saturated rings. The van der Waals surface area contributed by atoms with Crippen LogP contribution in [0.4, 0.5) is 0 Å². The number of carbonyl (C=O) groups excluding carboxylic acids is 2. The van der Waals surface area contributed by atoms with Crippen LogP contribution in [0.15, 0.2) is 48.6 Å². The molecule has 2 aromatic rings. The maximum atomic E-state index is 12.0. The molecule has 32 heavy (non-hydrogen) atoms. The predicted molar refractivity (Wildman–Crippen MR) is 126 cm³/mol. The third-order valence-electron chi connectivity index (χ3n) is 4.04. The van der Waals surface area contributed by atoms with Gasteiger partial charge in [-0.1, -0.05) is 18.2 Å². The van der Waals surface area contributed by atoms with Gasteiger partial charge in [-0.2, -0.15) is 0 Å². The van der Waals surface area contributed by atoms with Gasteiger partial charge >= 0.3 is 5.97 Å². The van der Waals surface area contributed by atoms with Crippen molar-refractivity contribution in [1.29, 1.82) is 0 Å². The molecule has 0 bridgehead atoms. The summed E-state index contributed by atoms with van der Waals surface area (Å²) in [6.07, 6.45) is 5.66. The van der Waals surface area contributed by atoms with Gasteiger partial charge in [0.15, 0.2) is 29.6 Å². The van der Waals surface area contributed by atoms with Gasteiger partial charge in [-0.25, -0.2) is 4.79 Å². The van der Waals surface area contributed by atoms with E-state index in [-0.39, 0.29) is 18.1 Å². The van der Waals surface area contributed by atoms with Gasteiger partial charge in [0.05, 0.1) is 14.2 Å². The molecule has 0 radical (unpaired) electrons. The van der Waals surface area contributed by atoms with Gasteiger partial charge in [0.1, 0.15) is 5.75 Å². The minimum atomic E-state index is -1.78. The molecule has 0 aromatic heterocycles. The quantitative estimate of drug-likeness (QED) is 0.321. The van der Waals surface area contributed by atoms with Crippen molar-refractivity contribution in [3.63, 3.8) is 0 Å². The van der Waals surface area contributed by atoms with E-state index in [1.165, 1.54) is 25.3 Å². The normalized spacial score (nSPS) is 11.5. The molecule has 7 nitrogen and oxygen atoms in total. The summed E-state index contributed by atoms with van der Waals surface area (Å²) in [5.41, 5.74) is 1.39. The first kappa shape index (κ1) is 24.7. The van der Waals surface area contributed by atoms with Crippen molar-refractivity contribution in [2.24, 2.45) is 0 Å². The Morgan fingerprint density at radius 2 is 1.47 bits per heavy atom. The second-order valence-electron chi connectivity index (χ2n) is 7.80. The summed E-state index contributed by atoms with van der Waals surface area (Å²) in [7, 11) is 1.21. The predicted octanol–water partition coefficient (Wildman–Crippen LogP) is 4.46. The molecule has 0 aliphatic rings. The first-order valence-electron chi connectivity index (χ1n) is 9.91. The molecule has 0 spiro atoms. The van der Waals surface area contributed by atoms with Crippen LogP contribution in [0, 0.1) is 0 Å². The number of ether oxygens (including phenoxy) is 3.